The molecule has 3 rings (SSSR count). The molecule has 1 unspecified atom stereocenters. The maximum absolute atomic E-state index is 14.6. The van der Waals surface area contributed by atoms with E-state index < -0.39 is 40.2 Å². The van der Waals surface area contributed by atoms with E-state index in [2.05, 4.69) is 5.32 Å². The molecule has 0 aromatic heterocycles. The van der Waals surface area contributed by atoms with Crippen molar-refractivity contribution < 1.29 is 22.4 Å². The summed E-state index contributed by atoms with van der Waals surface area (Å²) in [7, 11) is -4.15. The van der Waals surface area contributed by atoms with Gasteiger partial charge in [0.2, 0.25) is 11.8 Å². The zero-order valence-electron chi connectivity index (χ0n) is 23.0. The fraction of sp³-hybridized carbons (Fsp3) is 0.333. The highest BCUT2D eigenvalue weighted by molar-refractivity contribution is 7.92. The third kappa shape index (κ3) is 7.44. The molecular weight excluding hydrogens is 517 g/mol. The number of carbonyl (C=O) groups is 2. The van der Waals surface area contributed by atoms with Gasteiger partial charge in [0.1, 0.15) is 18.4 Å². The summed E-state index contributed by atoms with van der Waals surface area (Å²) in [5.41, 5.74) is 1.54. The fourth-order valence-electron chi connectivity index (χ4n) is 4.07. The van der Waals surface area contributed by atoms with E-state index in [0.29, 0.717) is 5.69 Å². The molecule has 0 radical (unpaired) electrons. The number of carbonyl (C=O) groups excluding carboxylic acids is 2. The van der Waals surface area contributed by atoms with Gasteiger partial charge in [-0.05, 0) is 62.6 Å². The quantitative estimate of drug-likeness (QED) is 0.359. The molecule has 0 aliphatic carbocycles. The third-order valence-corrected chi connectivity index (χ3v) is 8.14. The second-order valence-electron chi connectivity index (χ2n) is 10.0. The minimum absolute atomic E-state index is 0.0250. The third-order valence-electron chi connectivity index (χ3n) is 6.35. The highest BCUT2D eigenvalue weighted by Crippen LogP contribution is 2.26. The predicted octanol–water partition coefficient (Wildman–Crippen LogP) is 5.09. The molecule has 0 aliphatic rings. The van der Waals surface area contributed by atoms with Gasteiger partial charge in [0.15, 0.2) is 0 Å². The molecule has 39 heavy (non-hydrogen) atoms. The number of hydrogen-bond donors (Lipinski definition) is 1. The normalized spacial score (nSPS) is 12.3. The van der Waals surface area contributed by atoms with Crippen LogP contribution < -0.4 is 9.62 Å². The Hall–Kier alpha value is -3.72. The van der Waals surface area contributed by atoms with Gasteiger partial charge in [0.05, 0.1) is 10.6 Å². The summed E-state index contributed by atoms with van der Waals surface area (Å²) in [6, 6.07) is 19.7. The zero-order valence-corrected chi connectivity index (χ0v) is 23.8. The Bertz CT molecular complexity index is 1380. The first-order chi connectivity index (χ1) is 18.4. The van der Waals surface area contributed by atoms with Crippen LogP contribution in [0.25, 0.3) is 0 Å². The molecule has 0 fully saturated rings. The van der Waals surface area contributed by atoms with Gasteiger partial charge in [-0.25, -0.2) is 12.8 Å². The van der Waals surface area contributed by atoms with E-state index >= 15 is 0 Å². The average Bonchev–Trinajstić information content (AvgIpc) is 2.90. The minimum atomic E-state index is -4.15. The molecule has 9 heteroatoms. The summed E-state index contributed by atoms with van der Waals surface area (Å²) in [6.45, 7) is 8.41. The molecule has 0 heterocycles. The van der Waals surface area contributed by atoms with Crippen LogP contribution in [0.3, 0.4) is 0 Å². The first-order valence-corrected chi connectivity index (χ1v) is 14.4. The van der Waals surface area contributed by atoms with E-state index in [0.717, 1.165) is 9.87 Å². The van der Waals surface area contributed by atoms with Crippen molar-refractivity contribution in [2.75, 3.05) is 10.8 Å². The number of rotatable bonds is 11. The SMILES string of the molecule is CC(C)NC(=O)C(C)N(Cc1ccccc1F)C(=O)CN(c1ccc(C(C)C)cc1)S(=O)(=O)c1ccccc1. The molecule has 3 aromatic carbocycles. The van der Waals surface area contributed by atoms with Gasteiger partial charge in [0.25, 0.3) is 10.0 Å². The molecule has 208 valence electrons. The lowest BCUT2D eigenvalue weighted by Gasteiger charge is -2.32. The molecule has 0 aliphatic heterocycles. The number of nitrogens with one attached hydrogen (secondary N) is 1. The Morgan fingerprint density at radius 2 is 1.44 bits per heavy atom. The van der Waals surface area contributed by atoms with E-state index in [1.54, 1.807) is 57.2 Å². The van der Waals surface area contributed by atoms with E-state index in [1.165, 1.54) is 35.2 Å². The van der Waals surface area contributed by atoms with Crippen molar-refractivity contribution >= 4 is 27.5 Å². The number of hydrogen-bond acceptors (Lipinski definition) is 4. The molecule has 2 amide bonds. The summed E-state index contributed by atoms with van der Waals surface area (Å²) in [6.07, 6.45) is 0. The Morgan fingerprint density at radius 1 is 0.846 bits per heavy atom. The number of amides is 2. The Labute approximate surface area is 230 Å². The van der Waals surface area contributed by atoms with Crippen LogP contribution in [0.5, 0.6) is 0 Å². The van der Waals surface area contributed by atoms with Crippen LogP contribution in [-0.4, -0.2) is 43.8 Å². The molecular formula is C30H36FN3O4S. The Balaban J connectivity index is 2.04. The summed E-state index contributed by atoms with van der Waals surface area (Å²) in [5, 5.41) is 2.78. The van der Waals surface area contributed by atoms with E-state index in [4.69, 9.17) is 0 Å². The summed E-state index contributed by atoms with van der Waals surface area (Å²) < 4.78 is 43.2. The van der Waals surface area contributed by atoms with Crippen LogP contribution in [0.2, 0.25) is 0 Å². The van der Waals surface area contributed by atoms with E-state index in [-0.39, 0.29) is 29.0 Å². The molecule has 0 saturated carbocycles. The molecule has 0 saturated heterocycles. The van der Waals surface area contributed by atoms with E-state index in [1.807, 2.05) is 26.0 Å². The maximum atomic E-state index is 14.6. The van der Waals surface area contributed by atoms with Crippen molar-refractivity contribution in [3.05, 3.63) is 95.8 Å². The summed E-state index contributed by atoms with van der Waals surface area (Å²) in [5.74, 6) is -1.35. The topological polar surface area (TPSA) is 86.8 Å². The lowest BCUT2D eigenvalue weighted by atomic mass is 10.0. The molecule has 0 spiro atoms. The molecule has 1 atom stereocenters. The van der Waals surface area contributed by atoms with Crippen molar-refractivity contribution in [2.24, 2.45) is 0 Å². The van der Waals surface area contributed by atoms with Gasteiger partial charge in [-0.3, -0.25) is 13.9 Å². The minimum Gasteiger partial charge on any atom is -0.352 e. The zero-order chi connectivity index (χ0) is 28.7. The van der Waals surface area contributed by atoms with Crippen LogP contribution >= 0.6 is 0 Å². The number of halogens is 1. The standard InChI is InChI=1S/C30H36FN3O4S/c1-21(2)24-15-17-26(18-16-24)34(39(37,38)27-12-7-6-8-13-27)20-29(35)33(23(5)30(36)32-22(3)4)19-25-11-9-10-14-28(25)31/h6-18,21-23H,19-20H2,1-5H3,(H,32,36). The number of anilines is 1. The van der Waals surface area contributed by atoms with Gasteiger partial charge >= 0.3 is 0 Å². The molecule has 1 N–H and O–H groups in total. The monoisotopic (exact) mass is 553 g/mol. The molecule has 7 nitrogen and oxygen atoms in total. The van der Waals surface area contributed by atoms with Crippen LogP contribution in [0.15, 0.2) is 83.8 Å². The van der Waals surface area contributed by atoms with Gasteiger partial charge in [-0.15, -0.1) is 0 Å². The van der Waals surface area contributed by atoms with Crippen LogP contribution in [0.4, 0.5) is 10.1 Å². The Kier molecular flexibility index (Phi) is 9.86. The first-order valence-electron chi connectivity index (χ1n) is 12.9. The largest absolute Gasteiger partial charge is 0.352 e. The summed E-state index contributed by atoms with van der Waals surface area (Å²) in [4.78, 5) is 28.0. The van der Waals surface area contributed by atoms with Crippen molar-refractivity contribution in [1.82, 2.24) is 10.2 Å². The smallest absolute Gasteiger partial charge is 0.264 e. The lowest BCUT2D eigenvalue weighted by molar-refractivity contribution is -0.139. The van der Waals surface area contributed by atoms with Gasteiger partial charge in [-0.2, -0.15) is 0 Å². The maximum Gasteiger partial charge on any atom is 0.264 e. The van der Waals surface area contributed by atoms with Gasteiger partial charge < -0.3 is 10.2 Å². The van der Waals surface area contributed by atoms with Crippen molar-refractivity contribution in [3.63, 3.8) is 0 Å². The Morgan fingerprint density at radius 3 is 2.00 bits per heavy atom. The second kappa shape index (κ2) is 12.9. The van der Waals surface area contributed by atoms with Gasteiger partial charge in [0, 0.05) is 18.2 Å². The second-order valence-corrected chi connectivity index (χ2v) is 11.9. The molecule has 0 bridgehead atoms. The molecule has 3 aromatic rings. The van der Waals surface area contributed by atoms with Crippen LogP contribution in [0.1, 0.15) is 51.7 Å². The fourth-order valence-corrected chi connectivity index (χ4v) is 5.51. The highest BCUT2D eigenvalue weighted by Gasteiger charge is 2.33. The first kappa shape index (κ1) is 29.8. The highest BCUT2D eigenvalue weighted by atomic mass is 32.2. The number of sulfonamides is 1. The van der Waals surface area contributed by atoms with E-state index in [9.17, 15) is 22.4 Å². The van der Waals surface area contributed by atoms with Crippen LogP contribution in [-0.2, 0) is 26.2 Å². The van der Waals surface area contributed by atoms with Crippen molar-refractivity contribution in [3.8, 4) is 0 Å². The average molecular weight is 554 g/mol. The van der Waals surface area contributed by atoms with Gasteiger partial charge in [-0.1, -0.05) is 62.4 Å². The lowest BCUT2D eigenvalue weighted by Crippen LogP contribution is -2.52. The number of benzene rings is 3. The number of nitrogens with zero attached hydrogens (tertiary/aromatic N) is 2. The predicted molar refractivity (Wildman–Crippen MR) is 151 cm³/mol. The van der Waals surface area contributed by atoms with Crippen molar-refractivity contribution in [2.45, 2.75) is 64.1 Å². The summed E-state index contributed by atoms with van der Waals surface area (Å²) >= 11 is 0. The van der Waals surface area contributed by atoms with Crippen LogP contribution in [0, 0.1) is 5.82 Å². The van der Waals surface area contributed by atoms with Crippen molar-refractivity contribution in [1.29, 1.82) is 0 Å².